The Morgan fingerprint density at radius 3 is 2.28 bits per heavy atom. The second-order valence-corrected chi connectivity index (χ2v) is 4.83. The van der Waals surface area contributed by atoms with Crippen LogP contribution in [0.25, 0.3) is 0 Å². The van der Waals surface area contributed by atoms with Crippen molar-refractivity contribution in [2.24, 2.45) is 5.73 Å². The first-order chi connectivity index (χ1) is 8.67. The van der Waals surface area contributed by atoms with Crippen LogP contribution in [0.3, 0.4) is 0 Å². The van der Waals surface area contributed by atoms with Crippen molar-refractivity contribution in [3.63, 3.8) is 0 Å². The van der Waals surface area contributed by atoms with Gasteiger partial charge < -0.3 is 15.7 Å². The van der Waals surface area contributed by atoms with Crippen LogP contribution in [0.15, 0.2) is 0 Å². The van der Waals surface area contributed by atoms with E-state index in [9.17, 15) is 4.79 Å². The molecule has 0 bridgehead atoms. The summed E-state index contributed by atoms with van der Waals surface area (Å²) in [6.45, 7) is 5.64. The summed E-state index contributed by atoms with van der Waals surface area (Å²) < 4.78 is 0. The molecule has 0 rings (SSSR count). The number of amides is 1. The smallest absolute Gasteiger partial charge is 0.239 e. The molecule has 0 aromatic heterocycles. The summed E-state index contributed by atoms with van der Waals surface area (Å²) in [7, 11) is 0. The molecule has 4 heteroatoms. The van der Waals surface area contributed by atoms with Crippen LogP contribution in [0.2, 0.25) is 0 Å². The van der Waals surface area contributed by atoms with Gasteiger partial charge in [-0.05, 0) is 19.3 Å². The average Bonchev–Trinajstić information content (AvgIpc) is 2.40. The van der Waals surface area contributed by atoms with E-state index in [4.69, 9.17) is 10.8 Å². The molecule has 0 fully saturated rings. The van der Waals surface area contributed by atoms with Gasteiger partial charge in [0.15, 0.2) is 0 Å². The molecule has 0 heterocycles. The number of hydrogen-bond acceptors (Lipinski definition) is 3. The zero-order valence-electron chi connectivity index (χ0n) is 12.0. The number of carbonyl (C=O) groups excluding carboxylic acids is 1. The Labute approximate surface area is 112 Å². The molecule has 1 amide bonds. The van der Waals surface area contributed by atoms with E-state index >= 15 is 0 Å². The third-order valence-electron chi connectivity index (χ3n) is 3.19. The lowest BCUT2D eigenvalue weighted by Gasteiger charge is -2.25. The lowest BCUT2D eigenvalue weighted by atomic mass is 10.1. The molecule has 1 atom stereocenters. The van der Waals surface area contributed by atoms with E-state index < -0.39 is 0 Å². The Morgan fingerprint density at radius 1 is 1.11 bits per heavy atom. The van der Waals surface area contributed by atoms with Crippen molar-refractivity contribution in [3.05, 3.63) is 0 Å². The fraction of sp³-hybridized carbons (Fsp3) is 0.929. The summed E-state index contributed by atoms with van der Waals surface area (Å²) in [4.78, 5) is 13.8. The molecule has 3 N–H and O–H groups in total. The molecule has 0 saturated carbocycles. The molecule has 0 aromatic rings. The molecule has 0 aliphatic carbocycles. The Balaban J connectivity index is 4.02. The molecule has 108 valence electrons. The van der Waals surface area contributed by atoms with E-state index in [-0.39, 0.29) is 18.6 Å². The van der Waals surface area contributed by atoms with Gasteiger partial charge in [-0.3, -0.25) is 4.79 Å². The van der Waals surface area contributed by atoms with Crippen molar-refractivity contribution < 1.29 is 9.90 Å². The van der Waals surface area contributed by atoms with Crippen molar-refractivity contribution in [2.75, 3.05) is 19.7 Å². The van der Waals surface area contributed by atoms with Gasteiger partial charge in [-0.25, -0.2) is 0 Å². The van der Waals surface area contributed by atoms with E-state index in [0.717, 1.165) is 19.4 Å². The first-order valence-corrected chi connectivity index (χ1v) is 7.32. The van der Waals surface area contributed by atoms with Crippen LogP contribution in [-0.2, 0) is 4.79 Å². The van der Waals surface area contributed by atoms with Crippen LogP contribution in [0.1, 0.15) is 58.8 Å². The van der Waals surface area contributed by atoms with Crippen molar-refractivity contribution in [2.45, 2.75) is 64.8 Å². The van der Waals surface area contributed by atoms with Crippen molar-refractivity contribution in [1.29, 1.82) is 0 Å². The monoisotopic (exact) mass is 258 g/mol. The number of nitrogens with zero attached hydrogens (tertiary/aromatic N) is 1. The molecular weight excluding hydrogens is 228 g/mol. The maximum absolute atomic E-state index is 12.0. The van der Waals surface area contributed by atoms with Gasteiger partial charge in [-0.2, -0.15) is 0 Å². The van der Waals surface area contributed by atoms with Gasteiger partial charge in [0, 0.05) is 19.7 Å². The lowest BCUT2D eigenvalue weighted by Crippen LogP contribution is -2.44. The van der Waals surface area contributed by atoms with Crippen LogP contribution < -0.4 is 5.73 Å². The maximum Gasteiger partial charge on any atom is 0.239 e. The quantitative estimate of drug-likeness (QED) is 0.556. The molecule has 0 spiro atoms. The normalized spacial score (nSPS) is 12.4. The fourth-order valence-corrected chi connectivity index (χ4v) is 1.91. The molecule has 0 aliphatic rings. The third kappa shape index (κ3) is 7.67. The molecule has 0 aromatic carbocycles. The zero-order valence-corrected chi connectivity index (χ0v) is 12.0. The molecule has 0 saturated heterocycles. The number of aliphatic hydroxyl groups excluding tert-OH is 1. The standard InChI is InChI=1S/C14H30N2O2/c1-3-5-6-7-8-10-16(11-9-12-17)14(18)13(15)4-2/h13,17H,3-12,15H2,1-2H3/t13-/m0/s1. The fourth-order valence-electron chi connectivity index (χ4n) is 1.91. The van der Waals surface area contributed by atoms with Crippen LogP contribution in [-0.4, -0.2) is 41.7 Å². The third-order valence-corrected chi connectivity index (χ3v) is 3.19. The maximum atomic E-state index is 12.0. The SMILES string of the molecule is CCCCCCCN(CCCO)C(=O)[C@@H](N)CC. The zero-order chi connectivity index (χ0) is 13.8. The molecule has 0 unspecified atom stereocenters. The lowest BCUT2D eigenvalue weighted by molar-refractivity contribution is -0.132. The molecule has 4 nitrogen and oxygen atoms in total. The van der Waals surface area contributed by atoms with Crippen LogP contribution in [0.4, 0.5) is 0 Å². The highest BCUT2D eigenvalue weighted by molar-refractivity contribution is 5.81. The topological polar surface area (TPSA) is 66.6 Å². The van der Waals surface area contributed by atoms with Gasteiger partial charge in [-0.1, -0.05) is 39.5 Å². The van der Waals surface area contributed by atoms with E-state index in [1.54, 1.807) is 0 Å². The van der Waals surface area contributed by atoms with Gasteiger partial charge in [-0.15, -0.1) is 0 Å². The Hall–Kier alpha value is -0.610. The first-order valence-electron chi connectivity index (χ1n) is 7.32. The van der Waals surface area contributed by atoms with Crippen molar-refractivity contribution in [1.82, 2.24) is 4.90 Å². The van der Waals surface area contributed by atoms with Gasteiger partial charge in [0.25, 0.3) is 0 Å². The Morgan fingerprint density at radius 2 is 1.72 bits per heavy atom. The molecule has 0 aliphatic heterocycles. The number of hydrogen-bond donors (Lipinski definition) is 2. The second kappa shape index (κ2) is 11.5. The largest absolute Gasteiger partial charge is 0.396 e. The highest BCUT2D eigenvalue weighted by Crippen LogP contribution is 2.06. The predicted octanol–water partition coefficient (Wildman–Crippen LogP) is 1.91. The number of unbranched alkanes of at least 4 members (excludes halogenated alkanes) is 4. The van der Waals surface area contributed by atoms with Gasteiger partial charge in [0.1, 0.15) is 0 Å². The number of nitrogens with two attached hydrogens (primary N) is 1. The van der Waals surface area contributed by atoms with E-state index in [1.165, 1.54) is 19.3 Å². The van der Waals surface area contributed by atoms with Crippen LogP contribution in [0, 0.1) is 0 Å². The molecule has 18 heavy (non-hydrogen) atoms. The minimum absolute atomic E-state index is 0.0291. The minimum atomic E-state index is -0.390. The van der Waals surface area contributed by atoms with E-state index in [1.807, 2.05) is 11.8 Å². The summed E-state index contributed by atoms with van der Waals surface area (Å²) in [5.41, 5.74) is 5.79. The number of carbonyl (C=O) groups is 1. The van der Waals surface area contributed by atoms with Crippen molar-refractivity contribution in [3.8, 4) is 0 Å². The predicted molar refractivity (Wildman–Crippen MR) is 75.3 cm³/mol. The van der Waals surface area contributed by atoms with Crippen molar-refractivity contribution >= 4 is 5.91 Å². The molecular formula is C14H30N2O2. The summed E-state index contributed by atoms with van der Waals surface area (Å²) >= 11 is 0. The second-order valence-electron chi connectivity index (χ2n) is 4.83. The first kappa shape index (κ1) is 17.4. The molecule has 0 radical (unpaired) electrons. The number of rotatable bonds is 11. The number of aliphatic hydroxyl groups is 1. The summed E-state index contributed by atoms with van der Waals surface area (Å²) in [5, 5.41) is 8.87. The Kier molecular flexibility index (Phi) is 11.1. The summed E-state index contributed by atoms with van der Waals surface area (Å²) in [6, 6.07) is -0.390. The van der Waals surface area contributed by atoms with E-state index in [0.29, 0.717) is 19.4 Å². The summed E-state index contributed by atoms with van der Waals surface area (Å²) in [6.07, 6.45) is 7.23. The Bertz CT molecular complexity index is 210. The highest BCUT2D eigenvalue weighted by Gasteiger charge is 2.18. The van der Waals surface area contributed by atoms with E-state index in [2.05, 4.69) is 6.92 Å². The van der Waals surface area contributed by atoms with Gasteiger partial charge >= 0.3 is 0 Å². The summed E-state index contributed by atoms with van der Waals surface area (Å²) in [5.74, 6) is 0.0291. The minimum Gasteiger partial charge on any atom is -0.396 e. The van der Waals surface area contributed by atoms with Crippen LogP contribution in [0.5, 0.6) is 0 Å². The average molecular weight is 258 g/mol. The van der Waals surface area contributed by atoms with Gasteiger partial charge in [0.2, 0.25) is 5.91 Å². The highest BCUT2D eigenvalue weighted by atomic mass is 16.3. The van der Waals surface area contributed by atoms with Gasteiger partial charge in [0.05, 0.1) is 6.04 Å². The van der Waals surface area contributed by atoms with Crippen LogP contribution >= 0.6 is 0 Å².